The molecule has 33 heavy (non-hydrogen) atoms. The van der Waals surface area contributed by atoms with Crippen molar-refractivity contribution in [3.63, 3.8) is 0 Å². The Morgan fingerprint density at radius 1 is 1.03 bits per heavy atom. The highest BCUT2D eigenvalue weighted by Crippen LogP contribution is 2.45. The van der Waals surface area contributed by atoms with Gasteiger partial charge in [-0.05, 0) is 66.6 Å². The summed E-state index contributed by atoms with van der Waals surface area (Å²) in [5.41, 5.74) is 0.672. The van der Waals surface area contributed by atoms with Crippen molar-refractivity contribution in [3.8, 4) is 17.2 Å². The minimum atomic E-state index is -4.53. The van der Waals surface area contributed by atoms with Crippen LogP contribution in [0.2, 0.25) is 5.02 Å². The molecule has 0 saturated carbocycles. The number of fused-ring (bicyclic) bond motifs is 1. The number of anilines is 1. The van der Waals surface area contributed by atoms with Gasteiger partial charge in [-0.15, -0.1) is 0 Å². The van der Waals surface area contributed by atoms with Crippen molar-refractivity contribution in [2.45, 2.75) is 25.2 Å². The molecule has 3 aromatic rings. The fourth-order valence-electron chi connectivity index (χ4n) is 4.00. The summed E-state index contributed by atoms with van der Waals surface area (Å²) < 4.78 is 56.7. The molecule has 5 rings (SSSR count). The van der Waals surface area contributed by atoms with Gasteiger partial charge in [0.1, 0.15) is 11.8 Å². The maximum atomic E-state index is 13.3. The van der Waals surface area contributed by atoms with Crippen LogP contribution in [0.4, 0.5) is 18.9 Å². The van der Waals surface area contributed by atoms with Crippen molar-refractivity contribution in [2.75, 3.05) is 11.7 Å². The van der Waals surface area contributed by atoms with Crippen LogP contribution >= 0.6 is 11.6 Å². The van der Waals surface area contributed by atoms with Crippen molar-refractivity contribution in [1.29, 1.82) is 0 Å². The molecule has 0 aliphatic carbocycles. The summed E-state index contributed by atoms with van der Waals surface area (Å²) in [7, 11) is 0. The van der Waals surface area contributed by atoms with Crippen LogP contribution in [0.1, 0.15) is 22.7 Å². The van der Waals surface area contributed by atoms with Crippen LogP contribution in [-0.2, 0) is 11.0 Å². The summed E-state index contributed by atoms with van der Waals surface area (Å²) in [6.07, 6.45) is -5.48. The standard InChI is InChI=1S/C24H17ClF3NO4/c1-13-9-16(25)6-8-18(13)33-22-21(14-5-7-19-20(10-14)32-12-31-19)29(23(22)30)17-4-2-3-15(11-17)24(26,27)28/h2-11,21-22H,12H2,1H3/t21-,22+/m0/s1. The SMILES string of the molecule is Cc1cc(Cl)ccc1O[C@H]1C(=O)N(c2cccc(C(F)(F)F)c2)[C@H]1c1ccc2c(c1)OCO2. The number of alkyl halides is 3. The molecule has 0 N–H and O–H groups in total. The summed E-state index contributed by atoms with van der Waals surface area (Å²) in [6.45, 7) is 1.87. The lowest BCUT2D eigenvalue weighted by Crippen LogP contribution is -2.61. The molecule has 2 heterocycles. The number of β-lactam (4-membered cyclic amide) rings is 1. The van der Waals surface area contributed by atoms with Gasteiger partial charge in [0, 0.05) is 10.7 Å². The van der Waals surface area contributed by atoms with Gasteiger partial charge in [-0.25, -0.2) is 0 Å². The molecule has 9 heteroatoms. The number of nitrogens with zero attached hydrogens (tertiary/aromatic N) is 1. The summed E-state index contributed by atoms with van der Waals surface area (Å²) in [5, 5.41) is 0.526. The molecule has 1 amide bonds. The highest BCUT2D eigenvalue weighted by Gasteiger charge is 2.51. The van der Waals surface area contributed by atoms with E-state index in [0.29, 0.717) is 27.8 Å². The lowest BCUT2D eigenvalue weighted by Gasteiger charge is -2.47. The largest absolute Gasteiger partial charge is 0.478 e. The quantitative estimate of drug-likeness (QED) is 0.439. The number of carbonyl (C=O) groups is 1. The molecule has 2 aliphatic heterocycles. The maximum absolute atomic E-state index is 13.3. The number of halogens is 4. The zero-order valence-electron chi connectivity index (χ0n) is 17.2. The minimum absolute atomic E-state index is 0.0730. The molecule has 1 fully saturated rings. The number of carbonyl (C=O) groups excluding carboxylic acids is 1. The molecule has 2 atom stereocenters. The number of aryl methyl sites for hydroxylation is 1. The Kier molecular flexibility index (Phi) is 5.12. The average molecular weight is 476 g/mol. The molecule has 0 bridgehead atoms. The first kappa shape index (κ1) is 21.5. The van der Waals surface area contributed by atoms with Crippen LogP contribution in [0.25, 0.3) is 0 Å². The molecular weight excluding hydrogens is 459 g/mol. The van der Waals surface area contributed by atoms with Gasteiger partial charge in [0.15, 0.2) is 11.5 Å². The number of hydrogen-bond acceptors (Lipinski definition) is 4. The van der Waals surface area contributed by atoms with Crippen molar-refractivity contribution < 1.29 is 32.2 Å². The molecular formula is C24H17ClF3NO4. The third kappa shape index (κ3) is 3.84. The second-order valence-electron chi connectivity index (χ2n) is 7.76. The van der Waals surface area contributed by atoms with Crippen molar-refractivity contribution in [2.24, 2.45) is 0 Å². The lowest BCUT2D eigenvalue weighted by molar-refractivity contribution is -0.138. The monoisotopic (exact) mass is 475 g/mol. The fraction of sp³-hybridized carbons (Fsp3) is 0.208. The third-order valence-corrected chi connectivity index (χ3v) is 5.86. The Hall–Kier alpha value is -3.39. The fourth-order valence-corrected chi connectivity index (χ4v) is 4.23. The number of hydrogen-bond donors (Lipinski definition) is 0. The van der Waals surface area contributed by atoms with E-state index in [1.165, 1.54) is 17.0 Å². The van der Waals surface area contributed by atoms with Crippen LogP contribution in [0.15, 0.2) is 60.7 Å². The van der Waals surface area contributed by atoms with Gasteiger partial charge in [0.25, 0.3) is 5.91 Å². The Morgan fingerprint density at radius 2 is 1.82 bits per heavy atom. The Bertz CT molecular complexity index is 1250. The van der Waals surface area contributed by atoms with Gasteiger partial charge in [0.2, 0.25) is 12.9 Å². The van der Waals surface area contributed by atoms with E-state index in [2.05, 4.69) is 0 Å². The molecule has 2 aliphatic rings. The van der Waals surface area contributed by atoms with E-state index in [0.717, 1.165) is 17.7 Å². The van der Waals surface area contributed by atoms with Gasteiger partial charge in [0.05, 0.1) is 5.56 Å². The molecule has 170 valence electrons. The highest BCUT2D eigenvalue weighted by molar-refractivity contribution is 6.30. The van der Waals surface area contributed by atoms with E-state index in [9.17, 15) is 18.0 Å². The predicted octanol–water partition coefficient (Wildman–Crippen LogP) is 5.93. The Balaban J connectivity index is 1.54. The van der Waals surface area contributed by atoms with Crippen LogP contribution in [0, 0.1) is 6.92 Å². The van der Waals surface area contributed by atoms with Crippen molar-refractivity contribution >= 4 is 23.2 Å². The first-order valence-corrected chi connectivity index (χ1v) is 10.4. The van der Waals surface area contributed by atoms with Crippen LogP contribution in [-0.4, -0.2) is 18.8 Å². The smallest absolute Gasteiger partial charge is 0.416 e. The highest BCUT2D eigenvalue weighted by atomic mass is 35.5. The summed E-state index contributed by atoms with van der Waals surface area (Å²) in [5.74, 6) is 1.07. The van der Waals surface area contributed by atoms with E-state index in [1.54, 1.807) is 43.3 Å². The maximum Gasteiger partial charge on any atom is 0.416 e. The lowest BCUT2D eigenvalue weighted by atomic mass is 9.89. The van der Waals surface area contributed by atoms with Gasteiger partial charge >= 0.3 is 6.18 Å². The second kappa shape index (κ2) is 7.88. The third-order valence-electron chi connectivity index (χ3n) is 5.63. The molecule has 0 spiro atoms. The number of rotatable bonds is 4. The normalized spacial score (nSPS) is 19.4. The molecule has 0 aromatic heterocycles. The topological polar surface area (TPSA) is 48.0 Å². The molecule has 1 saturated heterocycles. The van der Waals surface area contributed by atoms with Gasteiger partial charge in [-0.1, -0.05) is 23.7 Å². The molecule has 3 aromatic carbocycles. The molecule has 0 unspecified atom stereocenters. The van der Waals surface area contributed by atoms with E-state index in [4.69, 9.17) is 25.8 Å². The zero-order chi connectivity index (χ0) is 23.3. The Morgan fingerprint density at radius 3 is 2.58 bits per heavy atom. The Labute approximate surface area is 192 Å². The molecule has 0 radical (unpaired) electrons. The summed E-state index contributed by atoms with van der Waals surface area (Å²) in [4.78, 5) is 14.5. The minimum Gasteiger partial charge on any atom is -0.478 e. The van der Waals surface area contributed by atoms with Crippen molar-refractivity contribution in [3.05, 3.63) is 82.4 Å². The van der Waals surface area contributed by atoms with E-state index in [1.807, 2.05) is 0 Å². The summed E-state index contributed by atoms with van der Waals surface area (Å²) >= 11 is 6.02. The summed E-state index contributed by atoms with van der Waals surface area (Å²) in [6, 6.07) is 14.2. The van der Waals surface area contributed by atoms with Crippen LogP contribution in [0.5, 0.6) is 17.2 Å². The van der Waals surface area contributed by atoms with E-state index >= 15 is 0 Å². The van der Waals surface area contributed by atoms with Crippen molar-refractivity contribution in [1.82, 2.24) is 0 Å². The first-order chi connectivity index (χ1) is 15.7. The zero-order valence-corrected chi connectivity index (χ0v) is 18.0. The molecule has 5 nitrogen and oxygen atoms in total. The second-order valence-corrected chi connectivity index (χ2v) is 8.20. The predicted molar refractivity (Wildman–Crippen MR) is 115 cm³/mol. The number of amides is 1. The van der Waals surface area contributed by atoms with E-state index in [-0.39, 0.29) is 12.5 Å². The van der Waals surface area contributed by atoms with Crippen LogP contribution in [0.3, 0.4) is 0 Å². The van der Waals surface area contributed by atoms with Gasteiger partial charge in [-0.2, -0.15) is 13.2 Å². The van der Waals surface area contributed by atoms with Gasteiger partial charge in [-0.3, -0.25) is 9.69 Å². The number of ether oxygens (including phenoxy) is 3. The first-order valence-electron chi connectivity index (χ1n) is 10.0. The van der Waals surface area contributed by atoms with Crippen LogP contribution < -0.4 is 19.1 Å². The van der Waals surface area contributed by atoms with Gasteiger partial charge < -0.3 is 14.2 Å². The average Bonchev–Trinajstić information content (AvgIpc) is 3.24. The number of benzene rings is 3. The van der Waals surface area contributed by atoms with E-state index < -0.39 is 29.8 Å².